The molecule has 0 aliphatic carbocycles. The first-order valence-electron chi connectivity index (χ1n) is 6.12. The first kappa shape index (κ1) is 14.7. The van der Waals surface area contributed by atoms with Crippen LogP contribution in [-0.2, 0) is 21.3 Å². The first-order valence-corrected chi connectivity index (χ1v) is 7.94. The molecule has 0 spiro atoms. The Bertz CT molecular complexity index is 540. The van der Waals surface area contributed by atoms with Gasteiger partial charge in [0.05, 0.1) is 11.6 Å². The molecule has 0 unspecified atom stereocenters. The maximum Gasteiger partial charge on any atom is 0.244 e. The molecule has 19 heavy (non-hydrogen) atoms. The second-order valence-electron chi connectivity index (χ2n) is 4.34. The van der Waals surface area contributed by atoms with Crippen LogP contribution in [0.4, 0.5) is 0 Å². The van der Waals surface area contributed by atoms with Crippen LogP contribution >= 0.6 is 11.6 Å². The molecule has 0 atom stereocenters. The Morgan fingerprint density at radius 2 is 2.11 bits per heavy atom. The predicted octanol–water partition coefficient (Wildman–Crippen LogP) is 1.21. The highest BCUT2D eigenvalue weighted by Gasteiger charge is 2.27. The van der Waals surface area contributed by atoms with Crippen LogP contribution in [-0.4, -0.2) is 39.0 Å². The molecule has 1 saturated heterocycles. The second-order valence-corrected chi connectivity index (χ2v) is 6.65. The first-order chi connectivity index (χ1) is 9.05. The van der Waals surface area contributed by atoms with Crippen molar-refractivity contribution >= 4 is 21.6 Å². The Hall–Kier alpha value is -0.660. The molecular weight excluding hydrogens is 288 g/mol. The average Bonchev–Trinajstić information content (AvgIpc) is 2.67. The molecule has 7 heteroatoms. The lowest BCUT2D eigenvalue weighted by molar-refractivity contribution is 0.148. The van der Waals surface area contributed by atoms with E-state index in [4.69, 9.17) is 22.1 Å². The third-order valence-corrected chi connectivity index (χ3v) is 5.41. The third kappa shape index (κ3) is 3.27. The molecule has 0 bridgehead atoms. The van der Waals surface area contributed by atoms with Gasteiger partial charge >= 0.3 is 0 Å². The topological polar surface area (TPSA) is 72.6 Å². The summed E-state index contributed by atoms with van der Waals surface area (Å²) < 4.78 is 31.7. The van der Waals surface area contributed by atoms with Gasteiger partial charge in [0.15, 0.2) is 0 Å². The second kappa shape index (κ2) is 6.19. The lowest BCUT2D eigenvalue weighted by Crippen LogP contribution is -2.33. The Kier molecular flexibility index (Phi) is 4.81. The Balaban J connectivity index is 2.32. The summed E-state index contributed by atoms with van der Waals surface area (Å²) in [5.74, 6) is 0. The van der Waals surface area contributed by atoms with Crippen molar-refractivity contribution in [1.82, 2.24) is 4.31 Å². The van der Waals surface area contributed by atoms with Gasteiger partial charge in [-0.15, -0.1) is 0 Å². The Morgan fingerprint density at radius 1 is 1.32 bits per heavy atom. The van der Waals surface area contributed by atoms with Crippen LogP contribution in [0, 0.1) is 0 Å². The van der Waals surface area contributed by atoms with E-state index >= 15 is 0 Å². The fraction of sp³-hybridized carbons (Fsp3) is 0.500. The summed E-state index contributed by atoms with van der Waals surface area (Å²) >= 11 is 6.06. The molecular formula is C12H17ClN2O3S. The zero-order chi connectivity index (χ0) is 13.9. The van der Waals surface area contributed by atoms with E-state index in [2.05, 4.69) is 0 Å². The van der Waals surface area contributed by atoms with E-state index < -0.39 is 10.0 Å². The molecule has 0 amide bonds. The van der Waals surface area contributed by atoms with Crippen LogP contribution in [0.5, 0.6) is 0 Å². The van der Waals surface area contributed by atoms with Crippen LogP contribution in [0.25, 0.3) is 0 Å². The number of nitrogens with two attached hydrogens (primary N) is 1. The molecule has 1 aromatic carbocycles. The van der Waals surface area contributed by atoms with Gasteiger partial charge in [-0.1, -0.05) is 17.7 Å². The number of nitrogens with zero attached hydrogens (tertiary/aromatic N) is 1. The van der Waals surface area contributed by atoms with Gasteiger partial charge < -0.3 is 10.5 Å². The molecule has 5 nitrogen and oxygen atoms in total. The predicted molar refractivity (Wildman–Crippen MR) is 73.5 cm³/mol. The van der Waals surface area contributed by atoms with E-state index in [0.717, 1.165) is 5.56 Å². The lowest BCUT2D eigenvalue weighted by Gasteiger charge is -2.20. The van der Waals surface area contributed by atoms with Crippen LogP contribution in [0.15, 0.2) is 23.1 Å². The van der Waals surface area contributed by atoms with E-state index in [-0.39, 0.29) is 9.92 Å². The van der Waals surface area contributed by atoms with Crippen LogP contribution in [0.1, 0.15) is 12.0 Å². The summed E-state index contributed by atoms with van der Waals surface area (Å²) in [6.45, 7) is 2.15. The standard InChI is InChI=1S/C12H17ClN2O3S/c13-11-8-10(9-14)2-3-12(11)19(16,17)15-4-1-6-18-7-5-15/h2-3,8H,1,4-7,9,14H2. The van der Waals surface area contributed by atoms with E-state index in [1.807, 2.05) is 0 Å². The third-order valence-electron chi connectivity index (χ3n) is 3.03. The minimum Gasteiger partial charge on any atom is -0.380 e. The van der Waals surface area contributed by atoms with Gasteiger partial charge in [-0.25, -0.2) is 8.42 Å². The Morgan fingerprint density at radius 3 is 2.79 bits per heavy atom. The molecule has 1 aliphatic rings. The summed E-state index contributed by atoms with van der Waals surface area (Å²) in [7, 11) is -3.56. The molecule has 1 aliphatic heterocycles. The van der Waals surface area contributed by atoms with Crippen molar-refractivity contribution in [1.29, 1.82) is 0 Å². The van der Waals surface area contributed by atoms with Gasteiger partial charge in [0, 0.05) is 26.2 Å². The number of sulfonamides is 1. The zero-order valence-electron chi connectivity index (χ0n) is 10.5. The smallest absolute Gasteiger partial charge is 0.244 e. The van der Waals surface area contributed by atoms with Gasteiger partial charge in [-0.05, 0) is 24.1 Å². The van der Waals surface area contributed by atoms with Crippen LogP contribution in [0.3, 0.4) is 0 Å². The summed E-state index contributed by atoms with van der Waals surface area (Å²) in [6, 6.07) is 4.81. The maximum atomic E-state index is 12.5. The number of rotatable bonds is 3. The van der Waals surface area contributed by atoms with Crippen LogP contribution < -0.4 is 5.73 Å². The molecule has 0 radical (unpaired) electrons. The van der Waals surface area contributed by atoms with Gasteiger partial charge in [-0.2, -0.15) is 4.31 Å². The zero-order valence-corrected chi connectivity index (χ0v) is 12.1. The SMILES string of the molecule is NCc1ccc(S(=O)(=O)N2CCCOCC2)c(Cl)c1. The maximum absolute atomic E-state index is 12.5. The molecule has 0 saturated carbocycles. The number of hydrogen-bond acceptors (Lipinski definition) is 4. The molecule has 2 rings (SSSR count). The summed E-state index contributed by atoms with van der Waals surface area (Å²) in [5, 5.41) is 0.216. The quantitative estimate of drug-likeness (QED) is 0.911. The molecule has 1 aromatic rings. The van der Waals surface area contributed by atoms with Gasteiger partial charge in [0.1, 0.15) is 4.90 Å². The van der Waals surface area contributed by atoms with Crippen molar-refractivity contribution in [2.24, 2.45) is 5.73 Å². The minimum absolute atomic E-state index is 0.133. The molecule has 1 fully saturated rings. The molecule has 106 valence electrons. The van der Waals surface area contributed by atoms with Gasteiger partial charge in [0.2, 0.25) is 10.0 Å². The van der Waals surface area contributed by atoms with Crippen molar-refractivity contribution in [3.8, 4) is 0 Å². The largest absolute Gasteiger partial charge is 0.380 e. The number of hydrogen-bond donors (Lipinski definition) is 1. The summed E-state index contributed by atoms with van der Waals surface area (Å²) in [4.78, 5) is 0.133. The Labute approximate surface area is 118 Å². The number of benzene rings is 1. The monoisotopic (exact) mass is 304 g/mol. The van der Waals surface area contributed by atoms with Crippen molar-refractivity contribution < 1.29 is 13.2 Å². The van der Waals surface area contributed by atoms with E-state index in [0.29, 0.717) is 39.3 Å². The molecule has 1 heterocycles. The van der Waals surface area contributed by atoms with Crippen LogP contribution in [0.2, 0.25) is 5.02 Å². The van der Waals surface area contributed by atoms with Crippen molar-refractivity contribution in [3.63, 3.8) is 0 Å². The fourth-order valence-corrected chi connectivity index (χ4v) is 3.99. The summed E-state index contributed by atoms with van der Waals surface area (Å²) in [5.41, 5.74) is 6.31. The highest BCUT2D eigenvalue weighted by Crippen LogP contribution is 2.26. The lowest BCUT2D eigenvalue weighted by atomic mass is 10.2. The molecule has 2 N–H and O–H groups in total. The van der Waals surface area contributed by atoms with Gasteiger partial charge in [0.25, 0.3) is 0 Å². The normalized spacial score (nSPS) is 18.2. The van der Waals surface area contributed by atoms with Crippen molar-refractivity contribution in [2.45, 2.75) is 17.9 Å². The minimum atomic E-state index is -3.56. The van der Waals surface area contributed by atoms with E-state index in [9.17, 15) is 8.42 Å². The van der Waals surface area contributed by atoms with Crippen molar-refractivity contribution in [2.75, 3.05) is 26.3 Å². The van der Waals surface area contributed by atoms with E-state index in [1.165, 1.54) is 10.4 Å². The summed E-state index contributed by atoms with van der Waals surface area (Å²) in [6.07, 6.45) is 0.692. The van der Waals surface area contributed by atoms with E-state index in [1.54, 1.807) is 12.1 Å². The number of halogens is 1. The highest BCUT2D eigenvalue weighted by atomic mass is 35.5. The average molecular weight is 305 g/mol. The van der Waals surface area contributed by atoms with Gasteiger partial charge in [-0.3, -0.25) is 0 Å². The van der Waals surface area contributed by atoms with Crippen molar-refractivity contribution in [3.05, 3.63) is 28.8 Å². The molecule has 0 aromatic heterocycles. The fourth-order valence-electron chi connectivity index (χ4n) is 1.98. The number of ether oxygens (including phenoxy) is 1. The highest BCUT2D eigenvalue weighted by molar-refractivity contribution is 7.89.